The Morgan fingerprint density at radius 2 is 2.23 bits per heavy atom. The van der Waals surface area contributed by atoms with E-state index in [2.05, 4.69) is 25.1 Å². The molecule has 0 N–H and O–H groups in total. The van der Waals surface area contributed by atoms with Crippen LogP contribution in [0.25, 0.3) is 0 Å². The van der Waals surface area contributed by atoms with E-state index in [-0.39, 0.29) is 0 Å². The third-order valence-electron chi connectivity index (χ3n) is 2.40. The Bertz CT molecular complexity index is 255. The molecule has 1 aromatic rings. The van der Waals surface area contributed by atoms with Gasteiger partial charge in [-0.2, -0.15) is 5.10 Å². The van der Waals surface area contributed by atoms with Gasteiger partial charge in [0, 0.05) is 19.1 Å². The number of halogens is 1. The van der Waals surface area contributed by atoms with Gasteiger partial charge in [-0.15, -0.1) is 11.6 Å². The highest BCUT2D eigenvalue weighted by Gasteiger charge is 2.13. The average Bonchev–Trinajstić information content (AvgIpc) is 2.46. The molecule has 1 atom stereocenters. The second kappa shape index (κ2) is 4.66. The van der Waals surface area contributed by atoms with E-state index in [4.69, 9.17) is 11.6 Å². The second-order valence-corrected chi connectivity index (χ2v) is 4.19. The number of aryl methyl sites for hydroxylation is 1. The fraction of sp³-hybridized carbons (Fsp3) is 0.700. The van der Waals surface area contributed by atoms with Crippen LogP contribution in [0.15, 0.2) is 12.4 Å². The van der Waals surface area contributed by atoms with E-state index >= 15 is 0 Å². The predicted octanol–water partition coefficient (Wildman–Crippen LogP) is 2.47. The minimum absolute atomic E-state index is 0.561. The Labute approximate surface area is 84.9 Å². The average molecular weight is 201 g/mol. The fourth-order valence-electron chi connectivity index (χ4n) is 1.35. The van der Waals surface area contributed by atoms with Crippen LogP contribution in [0.3, 0.4) is 0 Å². The molecule has 0 fully saturated rings. The summed E-state index contributed by atoms with van der Waals surface area (Å²) in [6.45, 7) is 4.42. The highest BCUT2D eigenvalue weighted by atomic mass is 35.5. The van der Waals surface area contributed by atoms with Crippen molar-refractivity contribution >= 4 is 11.6 Å². The van der Waals surface area contributed by atoms with Gasteiger partial charge in [-0.05, 0) is 23.8 Å². The first-order chi connectivity index (χ1) is 6.13. The first-order valence-corrected chi connectivity index (χ1v) is 5.20. The molecule has 0 aliphatic rings. The van der Waals surface area contributed by atoms with Gasteiger partial charge >= 0.3 is 0 Å². The molecule has 0 aliphatic heterocycles. The topological polar surface area (TPSA) is 17.8 Å². The van der Waals surface area contributed by atoms with Gasteiger partial charge in [0.1, 0.15) is 0 Å². The summed E-state index contributed by atoms with van der Waals surface area (Å²) in [4.78, 5) is 0. The lowest BCUT2D eigenvalue weighted by Crippen LogP contribution is -2.13. The van der Waals surface area contributed by atoms with Crippen molar-refractivity contribution in [2.75, 3.05) is 5.88 Å². The second-order valence-electron chi connectivity index (χ2n) is 3.88. The lowest BCUT2D eigenvalue weighted by molar-refractivity contribution is 0.422. The van der Waals surface area contributed by atoms with Crippen LogP contribution in [-0.4, -0.2) is 15.7 Å². The Morgan fingerprint density at radius 1 is 1.54 bits per heavy atom. The normalized spacial score (nSPS) is 13.6. The number of alkyl halides is 1. The van der Waals surface area contributed by atoms with E-state index < -0.39 is 0 Å². The number of rotatable bonds is 4. The molecule has 1 rings (SSSR count). The highest BCUT2D eigenvalue weighted by Crippen LogP contribution is 2.18. The van der Waals surface area contributed by atoms with Crippen molar-refractivity contribution in [3.05, 3.63) is 18.0 Å². The van der Waals surface area contributed by atoms with E-state index in [1.165, 1.54) is 5.56 Å². The molecule has 3 heteroatoms. The fourth-order valence-corrected chi connectivity index (χ4v) is 1.81. The molecule has 74 valence electrons. The van der Waals surface area contributed by atoms with Crippen molar-refractivity contribution in [2.24, 2.45) is 18.9 Å². The van der Waals surface area contributed by atoms with E-state index in [0.717, 1.165) is 12.3 Å². The van der Waals surface area contributed by atoms with Crippen LogP contribution in [0.1, 0.15) is 19.4 Å². The Balaban J connectivity index is 2.56. The summed E-state index contributed by atoms with van der Waals surface area (Å²) in [7, 11) is 1.94. The van der Waals surface area contributed by atoms with Crippen LogP contribution in [0.5, 0.6) is 0 Å². The van der Waals surface area contributed by atoms with Crippen LogP contribution in [0, 0.1) is 11.8 Å². The SMILES string of the molecule is CC(C)C(CCl)Cc1cnn(C)c1. The molecule has 0 saturated heterocycles. The summed E-state index contributed by atoms with van der Waals surface area (Å²) in [5.41, 5.74) is 1.28. The third kappa shape index (κ3) is 3.03. The van der Waals surface area contributed by atoms with Gasteiger partial charge in [0.25, 0.3) is 0 Å². The maximum Gasteiger partial charge on any atom is 0.0521 e. The number of aromatic nitrogens is 2. The molecular formula is C10H17ClN2. The molecular weight excluding hydrogens is 184 g/mol. The minimum atomic E-state index is 0.561. The van der Waals surface area contributed by atoms with Crippen LogP contribution < -0.4 is 0 Å². The molecule has 13 heavy (non-hydrogen) atoms. The van der Waals surface area contributed by atoms with Gasteiger partial charge in [0.2, 0.25) is 0 Å². The summed E-state index contributed by atoms with van der Waals surface area (Å²) in [5, 5.41) is 4.14. The van der Waals surface area contributed by atoms with Gasteiger partial charge in [0.05, 0.1) is 6.20 Å². The van der Waals surface area contributed by atoms with Crippen molar-refractivity contribution in [3.63, 3.8) is 0 Å². The summed E-state index contributed by atoms with van der Waals surface area (Å²) in [6, 6.07) is 0. The summed E-state index contributed by atoms with van der Waals surface area (Å²) in [6.07, 6.45) is 5.01. The van der Waals surface area contributed by atoms with Gasteiger partial charge in [0.15, 0.2) is 0 Å². The Hall–Kier alpha value is -0.500. The molecule has 1 unspecified atom stereocenters. The first kappa shape index (κ1) is 10.6. The van der Waals surface area contributed by atoms with Crippen molar-refractivity contribution in [2.45, 2.75) is 20.3 Å². The maximum atomic E-state index is 5.89. The smallest absolute Gasteiger partial charge is 0.0521 e. The molecule has 0 radical (unpaired) electrons. The van der Waals surface area contributed by atoms with Gasteiger partial charge in [-0.3, -0.25) is 4.68 Å². The standard InChI is InChI=1S/C10H17ClN2/c1-8(2)10(5-11)4-9-6-12-13(3)7-9/h6-8,10H,4-5H2,1-3H3. The van der Waals surface area contributed by atoms with Crippen molar-refractivity contribution in [3.8, 4) is 0 Å². The molecule has 0 spiro atoms. The van der Waals surface area contributed by atoms with Crippen LogP contribution in [0.2, 0.25) is 0 Å². The van der Waals surface area contributed by atoms with Crippen molar-refractivity contribution in [1.82, 2.24) is 9.78 Å². The van der Waals surface area contributed by atoms with Gasteiger partial charge in [-0.1, -0.05) is 13.8 Å². The zero-order chi connectivity index (χ0) is 9.84. The van der Waals surface area contributed by atoms with E-state index in [1.54, 1.807) is 0 Å². The maximum absolute atomic E-state index is 5.89. The largest absolute Gasteiger partial charge is 0.276 e. The van der Waals surface area contributed by atoms with E-state index in [1.807, 2.05) is 17.9 Å². The molecule has 0 amide bonds. The lowest BCUT2D eigenvalue weighted by atomic mass is 9.92. The minimum Gasteiger partial charge on any atom is -0.276 e. The molecule has 0 aromatic carbocycles. The first-order valence-electron chi connectivity index (χ1n) is 4.67. The predicted molar refractivity (Wildman–Crippen MR) is 56.0 cm³/mol. The molecule has 2 nitrogen and oxygen atoms in total. The highest BCUT2D eigenvalue weighted by molar-refractivity contribution is 6.18. The molecule has 0 bridgehead atoms. The summed E-state index contributed by atoms with van der Waals surface area (Å²) in [5.74, 6) is 1.93. The molecule has 1 aromatic heterocycles. The number of hydrogen-bond donors (Lipinski definition) is 0. The monoisotopic (exact) mass is 200 g/mol. The third-order valence-corrected chi connectivity index (χ3v) is 2.79. The van der Waals surface area contributed by atoms with Crippen molar-refractivity contribution in [1.29, 1.82) is 0 Å². The Kier molecular flexibility index (Phi) is 3.79. The quantitative estimate of drug-likeness (QED) is 0.683. The van der Waals surface area contributed by atoms with Crippen LogP contribution in [0.4, 0.5) is 0 Å². The zero-order valence-electron chi connectivity index (χ0n) is 8.50. The number of hydrogen-bond acceptors (Lipinski definition) is 1. The summed E-state index contributed by atoms with van der Waals surface area (Å²) < 4.78 is 1.83. The lowest BCUT2D eigenvalue weighted by Gasteiger charge is -2.16. The molecule has 0 aliphatic carbocycles. The molecule has 1 heterocycles. The Morgan fingerprint density at radius 3 is 2.62 bits per heavy atom. The molecule has 0 saturated carbocycles. The van der Waals surface area contributed by atoms with E-state index in [9.17, 15) is 0 Å². The summed E-state index contributed by atoms with van der Waals surface area (Å²) >= 11 is 5.89. The van der Waals surface area contributed by atoms with Crippen LogP contribution >= 0.6 is 11.6 Å². The zero-order valence-corrected chi connectivity index (χ0v) is 9.25. The van der Waals surface area contributed by atoms with E-state index in [0.29, 0.717) is 11.8 Å². The number of nitrogens with zero attached hydrogens (tertiary/aromatic N) is 2. The van der Waals surface area contributed by atoms with Gasteiger partial charge < -0.3 is 0 Å². The van der Waals surface area contributed by atoms with Crippen LogP contribution in [-0.2, 0) is 13.5 Å². The van der Waals surface area contributed by atoms with Crippen molar-refractivity contribution < 1.29 is 0 Å². The van der Waals surface area contributed by atoms with Gasteiger partial charge in [-0.25, -0.2) is 0 Å².